The molecule has 1 heterocycles. The smallest absolute Gasteiger partial charge is 0.129 e. The lowest BCUT2D eigenvalue weighted by Crippen LogP contribution is -2.22. The van der Waals surface area contributed by atoms with E-state index in [0.717, 1.165) is 0 Å². The van der Waals surface area contributed by atoms with E-state index < -0.39 is 0 Å². The van der Waals surface area contributed by atoms with Gasteiger partial charge in [-0.25, -0.2) is 4.98 Å². The van der Waals surface area contributed by atoms with Crippen LogP contribution in [0.2, 0.25) is 10.2 Å². The maximum Gasteiger partial charge on any atom is 0.129 e. The molecular weight excluding hydrogens is 197 g/mol. The first kappa shape index (κ1) is 9.74. The molecule has 0 aliphatic carbocycles. The maximum atomic E-state index is 5.81. The van der Waals surface area contributed by atoms with E-state index in [1.807, 2.05) is 0 Å². The minimum atomic E-state index is -0.351. The molecule has 1 rings (SSSR count). The lowest BCUT2D eigenvalue weighted by Gasteiger charge is -2.09. The van der Waals surface area contributed by atoms with Gasteiger partial charge in [0.05, 0.1) is 16.8 Å². The number of nitrogens with two attached hydrogens (primary N) is 2. The topological polar surface area (TPSA) is 64.9 Å². The summed E-state index contributed by atoms with van der Waals surface area (Å²) in [6.07, 6.45) is 0. The number of halogens is 2. The second kappa shape index (κ2) is 4.05. The molecule has 1 aromatic rings. The van der Waals surface area contributed by atoms with Crippen LogP contribution in [0.4, 0.5) is 0 Å². The summed E-state index contributed by atoms with van der Waals surface area (Å²) in [7, 11) is 0. The van der Waals surface area contributed by atoms with Crippen LogP contribution in [0.1, 0.15) is 11.7 Å². The molecule has 0 saturated carbocycles. The summed E-state index contributed by atoms with van der Waals surface area (Å²) < 4.78 is 0. The maximum absolute atomic E-state index is 5.81. The molecule has 0 amide bonds. The average Bonchev–Trinajstić information content (AvgIpc) is 2.08. The van der Waals surface area contributed by atoms with E-state index in [-0.39, 0.29) is 6.04 Å². The van der Waals surface area contributed by atoms with Gasteiger partial charge < -0.3 is 11.5 Å². The van der Waals surface area contributed by atoms with Crippen molar-refractivity contribution in [3.8, 4) is 0 Å². The fourth-order valence-corrected chi connectivity index (χ4v) is 1.20. The van der Waals surface area contributed by atoms with Crippen LogP contribution in [0.5, 0.6) is 0 Å². The number of rotatable bonds is 2. The van der Waals surface area contributed by atoms with Crippen LogP contribution in [-0.2, 0) is 0 Å². The molecule has 0 radical (unpaired) electrons. The molecule has 0 aliphatic heterocycles. The molecule has 66 valence electrons. The van der Waals surface area contributed by atoms with E-state index in [9.17, 15) is 0 Å². The van der Waals surface area contributed by atoms with E-state index in [2.05, 4.69) is 4.98 Å². The van der Waals surface area contributed by atoms with Crippen molar-refractivity contribution in [3.63, 3.8) is 0 Å². The Hall–Kier alpha value is -0.350. The van der Waals surface area contributed by atoms with Crippen molar-refractivity contribution in [3.05, 3.63) is 28.0 Å². The fourth-order valence-electron chi connectivity index (χ4n) is 0.805. The SMILES string of the molecule is NC[C@H](N)c1nc(Cl)ccc1Cl. The van der Waals surface area contributed by atoms with E-state index in [4.69, 9.17) is 34.7 Å². The van der Waals surface area contributed by atoms with Gasteiger partial charge in [-0.1, -0.05) is 23.2 Å². The molecule has 0 unspecified atom stereocenters. The summed E-state index contributed by atoms with van der Waals surface area (Å²) in [5, 5.41) is 0.871. The molecule has 0 bridgehead atoms. The number of nitrogens with zero attached hydrogens (tertiary/aromatic N) is 1. The summed E-state index contributed by atoms with van der Waals surface area (Å²) in [6.45, 7) is 0.299. The van der Waals surface area contributed by atoms with Crippen molar-refractivity contribution in [2.45, 2.75) is 6.04 Å². The molecule has 1 aromatic heterocycles. The highest BCUT2D eigenvalue weighted by Gasteiger charge is 2.10. The zero-order valence-corrected chi connectivity index (χ0v) is 7.81. The highest BCUT2D eigenvalue weighted by atomic mass is 35.5. The average molecular weight is 206 g/mol. The first-order valence-electron chi connectivity index (χ1n) is 3.42. The van der Waals surface area contributed by atoms with Crippen LogP contribution in [0, 0.1) is 0 Å². The Balaban J connectivity index is 3.04. The fraction of sp³-hybridized carbons (Fsp3) is 0.286. The lowest BCUT2D eigenvalue weighted by atomic mass is 10.2. The van der Waals surface area contributed by atoms with Crippen molar-refractivity contribution in [1.29, 1.82) is 0 Å². The van der Waals surface area contributed by atoms with Crippen LogP contribution in [0.25, 0.3) is 0 Å². The van der Waals surface area contributed by atoms with Gasteiger partial charge >= 0.3 is 0 Å². The Bertz CT molecular complexity index is 277. The second-order valence-corrected chi connectivity index (χ2v) is 3.14. The van der Waals surface area contributed by atoms with E-state index in [1.165, 1.54) is 0 Å². The standard InChI is InChI=1S/C7H9Cl2N3/c8-4-1-2-6(9)12-7(4)5(11)3-10/h1-2,5H,3,10-11H2/t5-/m0/s1. The quantitative estimate of drug-likeness (QED) is 0.717. The van der Waals surface area contributed by atoms with E-state index in [1.54, 1.807) is 12.1 Å². The summed E-state index contributed by atoms with van der Waals surface area (Å²) in [5.74, 6) is 0. The zero-order valence-electron chi connectivity index (χ0n) is 6.30. The highest BCUT2D eigenvalue weighted by molar-refractivity contribution is 6.32. The van der Waals surface area contributed by atoms with Crippen molar-refractivity contribution in [2.24, 2.45) is 11.5 Å². The molecule has 4 N–H and O–H groups in total. The monoisotopic (exact) mass is 205 g/mol. The van der Waals surface area contributed by atoms with Gasteiger partial charge in [-0.15, -0.1) is 0 Å². The van der Waals surface area contributed by atoms with Gasteiger partial charge in [0, 0.05) is 6.54 Å². The Morgan fingerprint density at radius 3 is 2.67 bits per heavy atom. The van der Waals surface area contributed by atoms with Gasteiger partial charge in [0.2, 0.25) is 0 Å². The first-order chi connectivity index (χ1) is 5.65. The minimum absolute atomic E-state index is 0.299. The molecule has 0 spiro atoms. The molecule has 12 heavy (non-hydrogen) atoms. The third-order valence-electron chi connectivity index (χ3n) is 1.44. The predicted octanol–water partition coefficient (Wildman–Crippen LogP) is 1.35. The third-order valence-corrected chi connectivity index (χ3v) is 1.97. The van der Waals surface area contributed by atoms with Gasteiger partial charge in [-0.3, -0.25) is 0 Å². The Kier molecular flexibility index (Phi) is 3.29. The number of pyridine rings is 1. The number of hydrogen-bond acceptors (Lipinski definition) is 3. The molecule has 0 aromatic carbocycles. The predicted molar refractivity (Wildman–Crippen MR) is 50.2 cm³/mol. The molecule has 5 heteroatoms. The normalized spacial score (nSPS) is 13.0. The van der Waals surface area contributed by atoms with Crippen molar-refractivity contribution < 1.29 is 0 Å². The van der Waals surface area contributed by atoms with Crippen molar-refractivity contribution >= 4 is 23.2 Å². The largest absolute Gasteiger partial charge is 0.329 e. The molecule has 1 atom stereocenters. The molecular formula is C7H9Cl2N3. The van der Waals surface area contributed by atoms with Crippen LogP contribution < -0.4 is 11.5 Å². The molecule has 3 nitrogen and oxygen atoms in total. The number of hydrogen-bond donors (Lipinski definition) is 2. The van der Waals surface area contributed by atoms with Crippen LogP contribution >= 0.6 is 23.2 Å². The third kappa shape index (κ3) is 2.08. The van der Waals surface area contributed by atoms with Crippen molar-refractivity contribution in [1.82, 2.24) is 4.98 Å². The molecule has 0 saturated heterocycles. The first-order valence-corrected chi connectivity index (χ1v) is 4.18. The molecule has 0 aliphatic rings. The van der Waals surface area contributed by atoms with Crippen LogP contribution in [0.15, 0.2) is 12.1 Å². The highest BCUT2D eigenvalue weighted by Crippen LogP contribution is 2.20. The lowest BCUT2D eigenvalue weighted by molar-refractivity contribution is 0.711. The Morgan fingerprint density at radius 1 is 1.42 bits per heavy atom. The second-order valence-electron chi connectivity index (χ2n) is 2.34. The zero-order chi connectivity index (χ0) is 9.14. The Morgan fingerprint density at radius 2 is 2.08 bits per heavy atom. The van der Waals surface area contributed by atoms with Gasteiger partial charge in [-0.2, -0.15) is 0 Å². The van der Waals surface area contributed by atoms with Gasteiger partial charge in [0.25, 0.3) is 0 Å². The van der Waals surface area contributed by atoms with E-state index >= 15 is 0 Å². The minimum Gasteiger partial charge on any atom is -0.329 e. The Labute approximate surface area is 80.7 Å². The number of aromatic nitrogens is 1. The van der Waals surface area contributed by atoms with Gasteiger partial charge in [0.1, 0.15) is 5.15 Å². The van der Waals surface area contributed by atoms with Gasteiger partial charge in [-0.05, 0) is 12.1 Å². The summed E-state index contributed by atoms with van der Waals surface area (Å²) in [4.78, 5) is 3.97. The van der Waals surface area contributed by atoms with Crippen molar-refractivity contribution in [2.75, 3.05) is 6.54 Å². The molecule has 0 fully saturated rings. The van der Waals surface area contributed by atoms with Gasteiger partial charge in [0.15, 0.2) is 0 Å². The summed E-state index contributed by atoms with van der Waals surface area (Å²) >= 11 is 11.5. The summed E-state index contributed by atoms with van der Waals surface area (Å²) in [6, 6.07) is 2.91. The van der Waals surface area contributed by atoms with E-state index in [0.29, 0.717) is 22.4 Å². The van der Waals surface area contributed by atoms with Crippen LogP contribution in [-0.4, -0.2) is 11.5 Å². The van der Waals surface area contributed by atoms with Crippen LogP contribution in [0.3, 0.4) is 0 Å². The summed E-state index contributed by atoms with van der Waals surface area (Å²) in [5.41, 5.74) is 11.5.